The number of alkyl halides is 7. The van der Waals surface area contributed by atoms with Crippen molar-refractivity contribution < 1.29 is 40.9 Å². The van der Waals surface area contributed by atoms with Gasteiger partial charge in [0.05, 0.1) is 5.56 Å². The summed E-state index contributed by atoms with van der Waals surface area (Å²) < 4.78 is 92.6. The number of hydrogen-bond acceptors (Lipinski definition) is 2. The van der Waals surface area contributed by atoms with Gasteiger partial charge in [0.1, 0.15) is 11.5 Å². The third-order valence-corrected chi connectivity index (χ3v) is 4.10. The molecule has 1 aliphatic carbocycles. The summed E-state index contributed by atoms with van der Waals surface area (Å²) in [6, 6.07) is 5.55. The van der Waals surface area contributed by atoms with E-state index in [2.05, 4.69) is 0 Å². The van der Waals surface area contributed by atoms with Crippen LogP contribution in [0.1, 0.15) is 16.7 Å². The van der Waals surface area contributed by atoms with Crippen molar-refractivity contribution in [2.75, 3.05) is 0 Å². The lowest BCUT2D eigenvalue weighted by molar-refractivity contribution is -0.359. The van der Waals surface area contributed by atoms with Gasteiger partial charge >= 0.3 is 18.0 Å². The molecule has 0 heterocycles. The van der Waals surface area contributed by atoms with E-state index in [9.17, 15) is 40.9 Å². The van der Waals surface area contributed by atoms with Gasteiger partial charge in [-0.05, 0) is 46.9 Å². The first-order valence-electron chi connectivity index (χ1n) is 6.88. The van der Waals surface area contributed by atoms with E-state index < -0.39 is 41.3 Å². The third kappa shape index (κ3) is 2.32. The van der Waals surface area contributed by atoms with E-state index >= 15 is 0 Å². The average molecular weight is 366 g/mol. The van der Waals surface area contributed by atoms with Gasteiger partial charge in [0.15, 0.2) is 0 Å². The van der Waals surface area contributed by atoms with Gasteiger partial charge in [0.25, 0.3) is 0 Å². The Morgan fingerprint density at radius 3 is 2.00 bits per heavy atom. The molecule has 0 spiro atoms. The second-order valence-electron chi connectivity index (χ2n) is 5.65. The summed E-state index contributed by atoms with van der Waals surface area (Å²) in [6.07, 6.45) is -6.93. The quantitative estimate of drug-likeness (QED) is 0.630. The summed E-state index contributed by atoms with van der Waals surface area (Å²) in [5.41, 5.74) is -1.72. The molecule has 0 saturated heterocycles. The molecule has 0 atom stereocenters. The number of phenolic OH excluding ortho intramolecular Hbond substituents is 2. The zero-order chi connectivity index (χ0) is 18.8. The van der Waals surface area contributed by atoms with Crippen LogP contribution in [0.15, 0.2) is 30.3 Å². The molecule has 0 aromatic heterocycles. The fraction of sp³-hybridized carbons (Fsp3) is 0.250. The number of fused-ring (bicyclic) bond motifs is 3. The number of halogens is 7. The highest BCUT2D eigenvalue weighted by molar-refractivity contribution is 5.80. The Kier molecular flexibility index (Phi) is 3.49. The van der Waals surface area contributed by atoms with Crippen LogP contribution < -0.4 is 0 Å². The van der Waals surface area contributed by atoms with Crippen LogP contribution in [0, 0.1) is 0 Å². The van der Waals surface area contributed by atoms with Gasteiger partial charge in [-0.1, -0.05) is 12.1 Å². The zero-order valence-corrected chi connectivity index (χ0v) is 12.1. The second-order valence-corrected chi connectivity index (χ2v) is 5.65. The highest BCUT2D eigenvalue weighted by Crippen LogP contribution is 2.56. The van der Waals surface area contributed by atoms with Crippen molar-refractivity contribution in [1.29, 1.82) is 0 Å². The Labute approximate surface area is 136 Å². The number of rotatable bonds is 2. The van der Waals surface area contributed by atoms with Gasteiger partial charge in [-0.3, -0.25) is 0 Å². The molecule has 2 aromatic carbocycles. The predicted octanol–water partition coefficient (Wildman–Crippen LogP) is 4.96. The van der Waals surface area contributed by atoms with Gasteiger partial charge in [-0.2, -0.15) is 30.7 Å². The van der Waals surface area contributed by atoms with Crippen molar-refractivity contribution in [2.45, 2.75) is 24.4 Å². The van der Waals surface area contributed by atoms with Gasteiger partial charge in [0, 0.05) is 0 Å². The van der Waals surface area contributed by atoms with Crippen molar-refractivity contribution in [1.82, 2.24) is 0 Å². The molecular weight excluding hydrogens is 357 g/mol. The highest BCUT2D eigenvalue weighted by atomic mass is 19.4. The molecule has 0 saturated carbocycles. The van der Waals surface area contributed by atoms with Crippen LogP contribution in [0.25, 0.3) is 11.1 Å². The van der Waals surface area contributed by atoms with Crippen LogP contribution >= 0.6 is 0 Å². The van der Waals surface area contributed by atoms with E-state index in [1.807, 2.05) is 0 Å². The Bertz CT molecular complexity index is 856. The van der Waals surface area contributed by atoms with Crippen molar-refractivity contribution in [2.24, 2.45) is 0 Å². The molecule has 2 nitrogen and oxygen atoms in total. The molecule has 25 heavy (non-hydrogen) atoms. The van der Waals surface area contributed by atoms with Crippen LogP contribution in [-0.2, 0) is 12.3 Å². The minimum atomic E-state index is -6.50. The Hall–Kier alpha value is -2.45. The summed E-state index contributed by atoms with van der Waals surface area (Å²) in [7, 11) is 0. The fourth-order valence-corrected chi connectivity index (χ4v) is 2.94. The maximum atomic E-state index is 14.2. The second kappa shape index (κ2) is 5.03. The Balaban J connectivity index is 2.24. The molecule has 2 N–H and O–H groups in total. The van der Waals surface area contributed by atoms with Crippen molar-refractivity contribution >= 4 is 0 Å². The van der Waals surface area contributed by atoms with Crippen LogP contribution in [-0.4, -0.2) is 22.3 Å². The maximum absolute atomic E-state index is 14.2. The molecule has 0 bridgehead atoms. The van der Waals surface area contributed by atoms with E-state index in [0.717, 1.165) is 6.07 Å². The van der Waals surface area contributed by atoms with Crippen LogP contribution in [0.3, 0.4) is 0 Å². The molecule has 0 aliphatic heterocycles. The number of benzene rings is 2. The molecule has 2 aromatic rings. The first-order chi connectivity index (χ1) is 11.4. The third-order valence-electron chi connectivity index (χ3n) is 4.10. The molecule has 3 rings (SSSR count). The summed E-state index contributed by atoms with van der Waals surface area (Å²) in [4.78, 5) is 0. The molecule has 9 heteroatoms. The zero-order valence-electron chi connectivity index (χ0n) is 12.1. The molecule has 0 unspecified atom stereocenters. The molecule has 1 aliphatic rings. The Morgan fingerprint density at radius 1 is 0.800 bits per heavy atom. The van der Waals surface area contributed by atoms with Crippen LogP contribution in [0.2, 0.25) is 0 Å². The van der Waals surface area contributed by atoms with Crippen LogP contribution in [0.4, 0.5) is 30.7 Å². The number of hydrogen-bond donors (Lipinski definition) is 2. The monoisotopic (exact) mass is 366 g/mol. The van der Waals surface area contributed by atoms with Gasteiger partial charge in [-0.15, -0.1) is 0 Å². The fourth-order valence-electron chi connectivity index (χ4n) is 2.94. The van der Waals surface area contributed by atoms with Gasteiger partial charge in [-0.25, -0.2) is 0 Å². The minimum Gasteiger partial charge on any atom is -0.508 e. The first kappa shape index (κ1) is 17.4. The SMILES string of the molecule is Oc1ccc2c(c1)Cc1c-2ccc(O)c1C(F)(F)C(F)(F)C(F)(F)F. The van der Waals surface area contributed by atoms with Crippen LogP contribution in [0.5, 0.6) is 11.5 Å². The molecule has 0 fully saturated rings. The largest absolute Gasteiger partial charge is 0.508 e. The Morgan fingerprint density at radius 2 is 1.40 bits per heavy atom. The van der Waals surface area contributed by atoms with E-state index in [-0.39, 0.29) is 16.9 Å². The van der Waals surface area contributed by atoms with E-state index in [1.54, 1.807) is 0 Å². The summed E-state index contributed by atoms with van der Waals surface area (Å²) >= 11 is 0. The van der Waals surface area contributed by atoms with E-state index in [4.69, 9.17) is 0 Å². The molecule has 134 valence electrons. The van der Waals surface area contributed by atoms with E-state index in [1.165, 1.54) is 18.2 Å². The lowest BCUT2D eigenvalue weighted by Crippen LogP contribution is -2.50. The summed E-state index contributed by atoms with van der Waals surface area (Å²) in [5, 5.41) is 19.1. The number of aromatic hydroxyl groups is 2. The van der Waals surface area contributed by atoms with Crippen molar-refractivity contribution in [3.05, 3.63) is 47.0 Å². The van der Waals surface area contributed by atoms with E-state index in [0.29, 0.717) is 11.6 Å². The standard InChI is InChI=1S/C16H9F7O2/c17-14(18,15(19,20)16(21,22)23)13-11-6-7-5-8(24)1-2-9(7)10(11)3-4-12(13)25/h1-5,24-25H,6H2. The minimum absolute atomic E-state index is 0.000416. The number of phenols is 2. The van der Waals surface area contributed by atoms with Gasteiger partial charge < -0.3 is 10.2 Å². The molecule has 0 amide bonds. The van der Waals surface area contributed by atoms with Crippen molar-refractivity contribution in [3.63, 3.8) is 0 Å². The average Bonchev–Trinajstić information content (AvgIpc) is 2.82. The smallest absolute Gasteiger partial charge is 0.460 e. The van der Waals surface area contributed by atoms with Crippen molar-refractivity contribution in [3.8, 4) is 22.6 Å². The normalized spacial score (nSPS) is 14.4. The van der Waals surface area contributed by atoms with Gasteiger partial charge in [0.2, 0.25) is 0 Å². The topological polar surface area (TPSA) is 40.5 Å². The summed E-state index contributed by atoms with van der Waals surface area (Å²) in [5.74, 6) is -13.6. The highest BCUT2D eigenvalue weighted by Gasteiger charge is 2.74. The maximum Gasteiger partial charge on any atom is 0.460 e. The molecule has 0 radical (unpaired) electrons. The molecular formula is C16H9F7O2. The first-order valence-corrected chi connectivity index (χ1v) is 6.88. The lowest BCUT2D eigenvalue weighted by atomic mass is 9.92. The lowest BCUT2D eigenvalue weighted by Gasteiger charge is -2.30. The predicted molar refractivity (Wildman–Crippen MR) is 72.9 cm³/mol. The summed E-state index contributed by atoms with van der Waals surface area (Å²) in [6.45, 7) is 0.